The first kappa shape index (κ1) is 23.7. The second-order valence-electron chi connectivity index (χ2n) is 10.8. The van der Waals surface area contributed by atoms with E-state index in [0.717, 1.165) is 29.0 Å². The van der Waals surface area contributed by atoms with Gasteiger partial charge < -0.3 is 0 Å². The van der Waals surface area contributed by atoms with Gasteiger partial charge in [-0.25, -0.2) is 4.98 Å². The molecule has 0 atom stereocenters. The molecule has 0 N–H and O–H groups in total. The molecule has 1 heterocycles. The Hall–Kier alpha value is -5.21. The summed E-state index contributed by atoms with van der Waals surface area (Å²) in [5.41, 5.74) is 8.13. The first-order valence-corrected chi connectivity index (χ1v) is 14.2. The zero-order chi connectivity index (χ0) is 27.3. The molecule has 0 saturated heterocycles. The molecule has 194 valence electrons. The van der Waals surface area contributed by atoms with Crippen LogP contribution in [0.3, 0.4) is 0 Å². The van der Waals surface area contributed by atoms with Gasteiger partial charge in [-0.2, -0.15) is 0 Å². The first-order valence-electron chi connectivity index (χ1n) is 14.2. The van der Waals surface area contributed by atoms with Crippen LogP contribution in [0.25, 0.3) is 71.3 Å². The zero-order valence-electron chi connectivity index (χ0n) is 22.9. The maximum absolute atomic E-state index is 5.34. The molecule has 0 aliphatic heterocycles. The fourth-order valence-corrected chi connectivity index (χ4v) is 6.44. The number of nitrogens with zero attached hydrogens (tertiary/aromatic N) is 2. The van der Waals surface area contributed by atoms with Gasteiger partial charge in [-0.1, -0.05) is 121 Å². The maximum Gasteiger partial charge on any atom is 0.111 e. The van der Waals surface area contributed by atoms with Gasteiger partial charge >= 0.3 is 0 Å². The summed E-state index contributed by atoms with van der Waals surface area (Å²) in [5, 5.41) is 7.41. The lowest BCUT2D eigenvalue weighted by atomic mass is 9.89. The van der Waals surface area contributed by atoms with Crippen molar-refractivity contribution in [3.8, 4) is 22.3 Å². The minimum absolute atomic E-state index is 0.887. The van der Waals surface area contributed by atoms with E-state index in [2.05, 4.69) is 151 Å². The van der Waals surface area contributed by atoms with Gasteiger partial charge in [0.1, 0.15) is 5.82 Å². The average Bonchev–Trinajstić information content (AvgIpc) is 3.16. The smallest absolute Gasteiger partial charge is 0.111 e. The average molecular weight is 525 g/mol. The molecule has 0 unspecified atom stereocenters. The number of rotatable bonds is 3. The summed E-state index contributed by atoms with van der Waals surface area (Å²) >= 11 is 0. The molecular formula is C39H28N2. The van der Waals surface area contributed by atoms with E-state index in [1.54, 1.807) is 0 Å². The van der Waals surface area contributed by atoms with Crippen LogP contribution in [-0.2, 0) is 0 Å². The van der Waals surface area contributed by atoms with E-state index in [1.165, 1.54) is 54.6 Å². The Morgan fingerprint density at radius 3 is 1.88 bits per heavy atom. The predicted molar refractivity (Wildman–Crippen MR) is 175 cm³/mol. The van der Waals surface area contributed by atoms with E-state index >= 15 is 0 Å². The minimum Gasteiger partial charge on any atom is -0.296 e. The van der Waals surface area contributed by atoms with Crippen molar-refractivity contribution in [2.24, 2.45) is 0 Å². The Morgan fingerprint density at radius 1 is 0.610 bits per heavy atom. The van der Waals surface area contributed by atoms with Gasteiger partial charge in [0.05, 0.1) is 11.0 Å². The van der Waals surface area contributed by atoms with Gasteiger partial charge in [0, 0.05) is 16.8 Å². The number of aromatic nitrogens is 2. The van der Waals surface area contributed by atoms with Crippen molar-refractivity contribution in [3.05, 3.63) is 145 Å². The predicted octanol–water partition coefficient (Wildman–Crippen LogP) is 10.5. The molecule has 8 rings (SSSR count). The Balaban J connectivity index is 1.55. The van der Waals surface area contributed by atoms with Crippen molar-refractivity contribution in [3.63, 3.8) is 0 Å². The number of imidazole rings is 1. The molecule has 1 aliphatic rings. The molecule has 2 nitrogen and oxygen atoms in total. The van der Waals surface area contributed by atoms with Crippen LogP contribution in [0.5, 0.6) is 0 Å². The standard InChI is InChI=1S/C39H28N2/c1-26-40-38-36(31-22-20-27-12-6-8-14-29(27)24-31)34-18-10-11-19-35(34)37(32-23-21-28-13-7-9-15-30(28)25-32)39(38)41(26)33-16-4-2-3-5-17-33/h2-4,6-25H,5H2,1H3. The molecule has 7 aromatic rings. The number of benzene rings is 6. The highest BCUT2D eigenvalue weighted by Gasteiger charge is 2.23. The van der Waals surface area contributed by atoms with Crippen molar-refractivity contribution in [1.29, 1.82) is 0 Å². The number of fused-ring (bicyclic) bond motifs is 4. The quantitative estimate of drug-likeness (QED) is 0.225. The van der Waals surface area contributed by atoms with Crippen LogP contribution in [0.4, 0.5) is 0 Å². The summed E-state index contributed by atoms with van der Waals surface area (Å²) in [6.45, 7) is 2.13. The lowest BCUT2D eigenvalue weighted by Gasteiger charge is -2.18. The Bertz CT molecular complexity index is 2240. The fraction of sp³-hybridized carbons (Fsp3) is 0.0513. The van der Waals surface area contributed by atoms with Gasteiger partial charge in [0.25, 0.3) is 0 Å². The molecule has 0 saturated carbocycles. The largest absolute Gasteiger partial charge is 0.296 e. The molecule has 41 heavy (non-hydrogen) atoms. The van der Waals surface area contributed by atoms with Crippen LogP contribution in [-0.4, -0.2) is 9.55 Å². The lowest BCUT2D eigenvalue weighted by Crippen LogP contribution is -2.00. The van der Waals surface area contributed by atoms with E-state index < -0.39 is 0 Å². The van der Waals surface area contributed by atoms with E-state index in [4.69, 9.17) is 4.98 Å². The molecule has 0 spiro atoms. The third kappa shape index (κ3) is 3.83. The molecule has 1 aliphatic carbocycles. The van der Waals surface area contributed by atoms with Crippen molar-refractivity contribution >= 4 is 49.0 Å². The van der Waals surface area contributed by atoms with Crippen LogP contribution >= 0.6 is 0 Å². The second kappa shape index (κ2) is 9.46. The summed E-state index contributed by atoms with van der Waals surface area (Å²) < 4.78 is 2.36. The molecule has 0 bridgehead atoms. The van der Waals surface area contributed by atoms with Crippen LogP contribution in [0, 0.1) is 6.92 Å². The van der Waals surface area contributed by atoms with Gasteiger partial charge in [-0.15, -0.1) is 0 Å². The van der Waals surface area contributed by atoms with Gasteiger partial charge in [-0.3, -0.25) is 4.57 Å². The third-order valence-electron chi connectivity index (χ3n) is 8.30. The van der Waals surface area contributed by atoms with Crippen LogP contribution < -0.4 is 0 Å². The fourth-order valence-electron chi connectivity index (χ4n) is 6.44. The van der Waals surface area contributed by atoms with E-state index in [9.17, 15) is 0 Å². The molecule has 2 heteroatoms. The number of hydrogen-bond donors (Lipinski definition) is 0. The first-order chi connectivity index (χ1) is 20.3. The number of hydrogen-bond acceptors (Lipinski definition) is 1. The second-order valence-corrected chi connectivity index (χ2v) is 10.8. The summed E-state index contributed by atoms with van der Waals surface area (Å²) in [6, 6.07) is 39.7. The molecule has 6 aromatic carbocycles. The Morgan fingerprint density at radius 2 is 1.20 bits per heavy atom. The van der Waals surface area contributed by atoms with Crippen LogP contribution in [0.15, 0.2) is 140 Å². The molecule has 0 amide bonds. The van der Waals surface area contributed by atoms with E-state index in [-0.39, 0.29) is 0 Å². The lowest BCUT2D eigenvalue weighted by molar-refractivity contribution is 1.03. The van der Waals surface area contributed by atoms with Gasteiger partial charge in [0.2, 0.25) is 0 Å². The maximum atomic E-state index is 5.34. The van der Waals surface area contributed by atoms with E-state index in [0.29, 0.717) is 0 Å². The van der Waals surface area contributed by atoms with Crippen LogP contribution in [0.1, 0.15) is 12.2 Å². The SMILES string of the molecule is Cc1nc2c(-c3ccc4ccccc4c3)c3ccccc3c(-c3ccc4ccccc4c3)c2n1C1=CCC=CC=C1. The Kier molecular flexibility index (Phi) is 5.46. The summed E-state index contributed by atoms with van der Waals surface area (Å²) in [6.07, 6.45) is 11.8. The monoisotopic (exact) mass is 524 g/mol. The number of aryl methyl sites for hydroxylation is 1. The van der Waals surface area contributed by atoms with Crippen molar-refractivity contribution < 1.29 is 0 Å². The molecular weight excluding hydrogens is 496 g/mol. The Labute approximate surface area is 239 Å². The normalized spacial score (nSPS) is 13.3. The van der Waals surface area contributed by atoms with Crippen molar-refractivity contribution in [2.45, 2.75) is 13.3 Å². The van der Waals surface area contributed by atoms with Crippen LogP contribution in [0.2, 0.25) is 0 Å². The third-order valence-corrected chi connectivity index (χ3v) is 8.30. The van der Waals surface area contributed by atoms with Crippen molar-refractivity contribution in [2.75, 3.05) is 0 Å². The van der Waals surface area contributed by atoms with Gasteiger partial charge in [0.15, 0.2) is 0 Å². The number of allylic oxidation sites excluding steroid dienone is 6. The van der Waals surface area contributed by atoms with E-state index in [1.807, 2.05) is 0 Å². The summed E-state index contributed by atoms with van der Waals surface area (Å²) in [4.78, 5) is 5.34. The summed E-state index contributed by atoms with van der Waals surface area (Å²) in [7, 11) is 0. The molecule has 1 aromatic heterocycles. The molecule has 0 fully saturated rings. The molecule has 0 radical (unpaired) electrons. The highest BCUT2D eigenvalue weighted by atomic mass is 15.1. The zero-order valence-corrected chi connectivity index (χ0v) is 22.9. The summed E-state index contributed by atoms with van der Waals surface area (Å²) in [5.74, 6) is 0.984. The topological polar surface area (TPSA) is 17.8 Å². The highest BCUT2D eigenvalue weighted by molar-refractivity contribution is 6.21. The minimum atomic E-state index is 0.887. The van der Waals surface area contributed by atoms with Crippen molar-refractivity contribution in [1.82, 2.24) is 9.55 Å². The highest BCUT2D eigenvalue weighted by Crippen LogP contribution is 2.45. The van der Waals surface area contributed by atoms with Gasteiger partial charge in [-0.05, 0) is 75.0 Å².